The molecule has 2 aromatic carbocycles. The molecule has 7 heteroatoms. The molecular weight excluding hydrogens is 374 g/mol. The maximum absolute atomic E-state index is 14.3. The van der Waals surface area contributed by atoms with Crippen molar-refractivity contribution < 1.29 is 13.5 Å². The second-order valence-corrected chi connectivity index (χ2v) is 7.13. The lowest BCUT2D eigenvalue weighted by atomic mass is 10.0. The van der Waals surface area contributed by atoms with Crippen molar-refractivity contribution in [3.05, 3.63) is 59.8 Å². The number of halogens is 2. The van der Waals surface area contributed by atoms with Crippen LogP contribution in [0.4, 0.5) is 8.78 Å². The van der Waals surface area contributed by atoms with Crippen LogP contribution in [-0.2, 0) is 6.54 Å². The van der Waals surface area contributed by atoms with E-state index in [1.54, 1.807) is 18.2 Å². The van der Waals surface area contributed by atoms with Crippen LogP contribution in [-0.4, -0.2) is 30.0 Å². The Morgan fingerprint density at radius 1 is 1.21 bits per heavy atom. The molecule has 1 N–H and O–H groups in total. The topological polar surface area (TPSA) is 62.9 Å². The zero-order chi connectivity index (χ0) is 20.4. The molecule has 0 saturated carbocycles. The average Bonchev–Trinajstić information content (AvgIpc) is 3.38. The molecule has 148 valence electrons. The highest BCUT2D eigenvalue weighted by atomic mass is 19.1. The van der Waals surface area contributed by atoms with E-state index < -0.39 is 11.6 Å². The molecule has 1 saturated heterocycles. The van der Waals surface area contributed by atoms with Crippen molar-refractivity contribution in [1.82, 2.24) is 15.1 Å². The fourth-order valence-electron chi connectivity index (χ4n) is 3.66. The van der Waals surface area contributed by atoms with Gasteiger partial charge in [-0.05, 0) is 55.3 Å². The van der Waals surface area contributed by atoms with Gasteiger partial charge < -0.3 is 10.1 Å². The summed E-state index contributed by atoms with van der Waals surface area (Å²) in [5.41, 5.74) is 2.38. The lowest BCUT2D eigenvalue weighted by Crippen LogP contribution is -2.14. The van der Waals surface area contributed by atoms with E-state index in [0.717, 1.165) is 26.1 Å². The molecule has 0 bridgehead atoms. The Morgan fingerprint density at radius 3 is 2.66 bits per heavy atom. The van der Waals surface area contributed by atoms with E-state index in [-0.39, 0.29) is 11.3 Å². The van der Waals surface area contributed by atoms with E-state index in [0.29, 0.717) is 28.3 Å². The Hall–Kier alpha value is -3.24. The Labute approximate surface area is 167 Å². The van der Waals surface area contributed by atoms with Crippen molar-refractivity contribution in [3.63, 3.8) is 0 Å². The van der Waals surface area contributed by atoms with Crippen LogP contribution in [0.1, 0.15) is 12.0 Å². The van der Waals surface area contributed by atoms with Crippen molar-refractivity contribution in [3.8, 4) is 34.2 Å². The summed E-state index contributed by atoms with van der Waals surface area (Å²) in [6.45, 7) is 2.63. The molecule has 1 aliphatic rings. The van der Waals surface area contributed by atoms with Gasteiger partial charge in [0.2, 0.25) is 0 Å². The Bertz CT molecular complexity index is 1080. The third kappa shape index (κ3) is 3.84. The molecule has 1 unspecified atom stereocenters. The molecule has 5 nitrogen and oxygen atoms in total. The molecule has 0 radical (unpaired) electrons. The number of benzene rings is 2. The zero-order valence-electron chi connectivity index (χ0n) is 16.0. The second kappa shape index (κ2) is 8.02. The van der Waals surface area contributed by atoms with Gasteiger partial charge in [0.25, 0.3) is 0 Å². The largest absolute Gasteiger partial charge is 0.494 e. The lowest BCUT2D eigenvalue weighted by molar-refractivity contribution is 0.386. The van der Waals surface area contributed by atoms with Gasteiger partial charge in [0.1, 0.15) is 17.6 Å². The Balaban J connectivity index is 1.79. The van der Waals surface area contributed by atoms with Gasteiger partial charge in [0, 0.05) is 23.9 Å². The fraction of sp³-hybridized carbons (Fsp3) is 0.273. The monoisotopic (exact) mass is 394 g/mol. The van der Waals surface area contributed by atoms with Crippen molar-refractivity contribution >= 4 is 0 Å². The first kappa shape index (κ1) is 19.1. The molecule has 1 aliphatic heterocycles. The minimum atomic E-state index is -0.605. The number of hydrogen-bond donors (Lipinski definition) is 1. The number of nitrogens with one attached hydrogen (secondary N) is 1. The third-order valence-corrected chi connectivity index (χ3v) is 5.20. The number of hydrogen-bond acceptors (Lipinski definition) is 4. The van der Waals surface area contributed by atoms with Crippen LogP contribution in [0.2, 0.25) is 0 Å². The zero-order valence-corrected chi connectivity index (χ0v) is 16.0. The highest BCUT2D eigenvalue weighted by Gasteiger charge is 2.20. The van der Waals surface area contributed by atoms with Gasteiger partial charge in [-0.3, -0.25) is 4.68 Å². The van der Waals surface area contributed by atoms with Crippen LogP contribution >= 0.6 is 0 Å². The Kier molecular flexibility index (Phi) is 5.28. The Morgan fingerprint density at radius 2 is 2.00 bits per heavy atom. The molecule has 1 atom stereocenters. The molecule has 29 heavy (non-hydrogen) atoms. The molecule has 0 aliphatic carbocycles. The van der Waals surface area contributed by atoms with Crippen molar-refractivity contribution in [1.29, 1.82) is 5.26 Å². The number of methoxy groups -OCH3 is 1. The summed E-state index contributed by atoms with van der Waals surface area (Å²) in [6.07, 6.45) is 2.93. The van der Waals surface area contributed by atoms with E-state index in [9.17, 15) is 8.78 Å². The van der Waals surface area contributed by atoms with Crippen molar-refractivity contribution in [2.24, 2.45) is 5.92 Å². The first-order chi connectivity index (χ1) is 14.1. The van der Waals surface area contributed by atoms with Crippen LogP contribution in [0.15, 0.2) is 42.6 Å². The summed E-state index contributed by atoms with van der Waals surface area (Å²) in [5.74, 6) is -0.467. The summed E-state index contributed by atoms with van der Waals surface area (Å²) >= 11 is 0. The quantitative estimate of drug-likeness (QED) is 0.711. The molecule has 3 aromatic rings. The fourth-order valence-corrected chi connectivity index (χ4v) is 3.66. The van der Waals surface area contributed by atoms with Crippen LogP contribution in [0, 0.1) is 28.9 Å². The average molecular weight is 394 g/mol. The minimum absolute atomic E-state index is 0.0257. The first-order valence-corrected chi connectivity index (χ1v) is 9.41. The highest BCUT2D eigenvalue weighted by Crippen LogP contribution is 2.34. The third-order valence-electron chi connectivity index (χ3n) is 5.20. The molecule has 2 heterocycles. The van der Waals surface area contributed by atoms with Gasteiger partial charge in [-0.25, -0.2) is 8.78 Å². The summed E-state index contributed by atoms with van der Waals surface area (Å²) in [6, 6.07) is 10.9. The number of ether oxygens (including phenoxy) is 1. The molecule has 4 rings (SSSR count). The minimum Gasteiger partial charge on any atom is -0.494 e. The van der Waals surface area contributed by atoms with Gasteiger partial charge in [0.15, 0.2) is 11.6 Å². The summed E-state index contributed by atoms with van der Waals surface area (Å²) in [5, 5.41) is 17.0. The van der Waals surface area contributed by atoms with E-state index in [2.05, 4.69) is 10.4 Å². The normalized spacial score (nSPS) is 16.0. The number of rotatable bonds is 5. The van der Waals surface area contributed by atoms with Gasteiger partial charge in [0.05, 0.1) is 12.7 Å². The predicted molar refractivity (Wildman–Crippen MR) is 105 cm³/mol. The van der Waals surface area contributed by atoms with Crippen molar-refractivity contribution in [2.45, 2.75) is 13.0 Å². The van der Waals surface area contributed by atoms with Gasteiger partial charge in [-0.2, -0.15) is 10.4 Å². The summed E-state index contributed by atoms with van der Waals surface area (Å²) < 4.78 is 35.4. The smallest absolute Gasteiger partial charge is 0.165 e. The van der Waals surface area contributed by atoms with Gasteiger partial charge in [-0.1, -0.05) is 12.1 Å². The van der Waals surface area contributed by atoms with E-state index in [1.165, 1.54) is 25.3 Å². The standard InChI is InChI=1S/C22H20F2N4O/c1-29-21-5-4-15(8-20(21)24)18-13-28(12-14-6-7-26-11-14)27-22(18)16-2-3-17(10-25)19(23)9-16/h2-5,8-9,13-14,26H,6-7,11-12H2,1H3. The summed E-state index contributed by atoms with van der Waals surface area (Å²) in [7, 11) is 1.41. The van der Waals surface area contributed by atoms with Gasteiger partial charge >= 0.3 is 0 Å². The second-order valence-electron chi connectivity index (χ2n) is 7.13. The van der Waals surface area contributed by atoms with E-state index >= 15 is 0 Å². The highest BCUT2D eigenvalue weighted by molar-refractivity contribution is 5.81. The SMILES string of the molecule is COc1ccc(-c2cn(CC3CCNC3)nc2-c2ccc(C#N)c(F)c2)cc1F. The molecular formula is C22H20F2N4O. The number of nitrogens with zero attached hydrogens (tertiary/aromatic N) is 3. The number of aromatic nitrogens is 2. The molecule has 0 amide bonds. The maximum Gasteiger partial charge on any atom is 0.165 e. The van der Waals surface area contributed by atoms with Crippen LogP contribution in [0.5, 0.6) is 5.75 Å². The van der Waals surface area contributed by atoms with Gasteiger partial charge in [-0.15, -0.1) is 0 Å². The molecule has 1 fully saturated rings. The van der Waals surface area contributed by atoms with E-state index in [1.807, 2.05) is 16.9 Å². The first-order valence-electron chi connectivity index (χ1n) is 9.41. The molecule has 0 spiro atoms. The number of nitriles is 1. The van der Waals surface area contributed by atoms with E-state index in [4.69, 9.17) is 10.00 Å². The predicted octanol–water partition coefficient (Wildman–Crippen LogP) is 3.99. The lowest BCUT2D eigenvalue weighted by Gasteiger charge is -2.07. The van der Waals surface area contributed by atoms with Crippen LogP contribution in [0.25, 0.3) is 22.4 Å². The molecule has 1 aromatic heterocycles. The van der Waals surface area contributed by atoms with Crippen LogP contribution < -0.4 is 10.1 Å². The van der Waals surface area contributed by atoms with Crippen molar-refractivity contribution in [2.75, 3.05) is 20.2 Å². The summed E-state index contributed by atoms with van der Waals surface area (Å²) in [4.78, 5) is 0. The van der Waals surface area contributed by atoms with Crippen LogP contribution in [0.3, 0.4) is 0 Å². The maximum atomic E-state index is 14.3.